The average molecular weight is 477 g/mol. The van der Waals surface area contributed by atoms with Crippen molar-refractivity contribution in [2.24, 2.45) is 11.8 Å². The summed E-state index contributed by atoms with van der Waals surface area (Å²) in [6.07, 6.45) is 2.66. The molecule has 2 unspecified atom stereocenters. The Morgan fingerprint density at radius 1 is 1.00 bits per heavy atom. The second-order valence-corrected chi connectivity index (χ2v) is 9.92. The van der Waals surface area contributed by atoms with Gasteiger partial charge in [-0.25, -0.2) is 4.79 Å². The molecule has 3 aliphatic rings. The number of nitrogens with one attached hydrogen (secondary N) is 1. The van der Waals surface area contributed by atoms with E-state index in [0.717, 1.165) is 0 Å². The highest BCUT2D eigenvalue weighted by atomic mass is 16.5. The van der Waals surface area contributed by atoms with Crippen LogP contribution in [0, 0.1) is 11.8 Å². The minimum absolute atomic E-state index is 0.00868. The first-order chi connectivity index (χ1) is 17.0. The van der Waals surface area contributed by atoms with Crippen molar-refractivity contribution in [1.82, 2.24) is 10.2 Å². The number of carboxylic acids is 1. The minimum Gasteiger partial charge on any atom is -0.481 e. The highest BCUT2D eigenvalue weighted by Gasteiger charge is 2.43. The molecule has 7 nitrogen and oxygen atoms in total. The van der Waals surface area contributed by atoms with Crippen LogP contribution in [0.25, 0.3) is 11.1 Å². The number of hydrogen-bond donors (Lipinski definition) is 2. The minimum atomic E-state index is -0.826. The number of fused-ring (bicyclic) bond motifs is 3. The fourth-order valence-electron chi connectivity index (χ4n) is 6.30. The molecule has 1 heterocycles. The second kappa shape index (κ2) is 9.72. The van der Waals surface area contributed by atoms with Gasteiger partial charge in [0.05, 0.1) is 5.92 Å². The number of carbonyl (C=O) groups excluding carboxylic acids is 2. The van der Waals surface area contributed by atoms with Gasteiger partial charge in [-0.15, -0.1) is 0 Å². The molecule has 0 spiro atoms. The molecule has 2 amide bonds. The molecule has 0 bridgehead atoms. The maximum absolute atomic E-state index is 13.1. The van der Waals surface area contributed by atoms with Gasteiger partial charge >= 0.3 is 12.1 Å². The van der Waals surface area contributed by atoms with Crippen molar-refractivity contribution in [3.05, 3.63) is 59.7 Å². The van der Waals surface area contributed by atoms with Gasteiger partial charge in [-0.3, -0.25) is 9.59 Å². The smallest absolute Gasteiger partial charge is 0.407 e. The monoisotopic (exact) mass is 476 g/mol. The lowest BCUT2D eigenvalue weighted by molar-refractivity contribution is -0.144. The van der Waals surface area contributed by atoms with Crippen LogP contribution in [0.15, 0.2) is 48.5 Å². The molecule has 4 atom stereocenters. The van der Waals surface area contributed by atoms with Crippen LogP contribution >= 0.6 is 0 Å². The second-order valence-electron chi connectivity index (χ2n) is 9.92. The first kappa shape index (κ1) is 23.4. The van der Waals surface area contributed by atoms with Gasteiger partial charge in [0.1, 0.15) is 6.61 Å². The predicted octanol–water partition coefficient (Wildman–Crippen LogP) is 4.41. The van der Waals surface area contributed by atoms with E-state index in [1.807, 2.05) is 31.2 Å². The van der Waals surface area contributed by atoms with Gasteiger partial charge in [-0.2, -0.15) is 0 Å². The van der Waals surface area contributed by atoms with E-state index in [9.17, 15) is 19.5 Å². The van der Waals surface area contributed by atoms with Crippen molar-refractivity contribution in [2.75, 3.05) is 13.2 Å². The van der Waals surface area contributed by atoms with Gasteiger partial charge in [0.2, 0.25) is 5.91 Å². The van der Waals surface area contributed by atoms with E-state index in [2.05, 4.69) is 29.6 Å². The van der Waals surface area contributed by atoms with E-state index < -0.39 is 18.0 Å². The van der Waals surface area contributed by atoms with Crippen LogP contribution in [0.1, 0.15) is 56.1 Å². The van der Waals surface area contributed by atoms with Gasteiger partial charge < -0.3 is 20.1 Å². The van der Waals surface area contributed by atoms with Crippen LogP contribution in [-0.2, 0) is 14.3 Å². The first-order valence-corrected chi connectivity index (χ1v) is 12.6. The number of carboxylic acid groups (broad SMARTS) is 1. The SMILES string of the molecule is CCC1C(C(=O)O)CCN1C(=O)[C@H]1CC[C@@H](NC(=O)OCC2c3ccccc3-c3ccccc32)C1. The van der Waals surface area contributed by atoms with Crippen LogP contribution < -0.4 is 5.32 Å². The Balaban J connectivity index is 1.15. The van der Waals surface area contributed by atoms with Gasteiger partial charge in [0.15, 0.2) is 0 Å². The normalized spacial score (nSPS) is 25.2. The maximum atomic E-state index is 13.1. The summed E-state index contributed by atoms with van der Waals surface area (Å²) in [4.78, 5) is 39.1. The number of rotatable bonds is 6. The number of hydrogen-bond acceptors (Lipinski definition) is 4. The van der Waals surface area contributed by atoms with Crippen molar-refractivity contribution >= 4 is 18.0 Å². The van der Waals surface area contributed by atoms with Crippen molar-refractivity contribution in [3.63, 3.8) is 0 Å². The zero-order chi connectivity index (χ0) is 24.5. The van der Waals surface area contributed by atoms with Gasteiger partial charge in [0, 0.05) is 30.5 Å². The number of nitrogens with zero attached hydrogens (tertiary/aromatic N) is 1. The molecule has 2 aromatic rings. The lowest BCUT2D eigenvalue weighted by Gasteiger charge is -2.28. The highest BCUT2D eigenvalue weighted by Crippen LogP contribution is 2.44. The van der Waals surface area contributed by atoms with Crippen LogP contribution in [0.3, 0.4) is 0 Å². The molecule has 7 heteroatoms. The van der Waals surface area contributed by atoms with Crippen LogP contribution in [-0.4, -0.2) is 53.2 Å². The summed E-state index contributed by atoms with van der Waals surface area (Å²) in [5.74, 6) is -1.46. The number of amides is 2. The van der Waals surface area contributed by atoms with Crippen LogP contribution in [0.5, 0.6) is 0 Å². The Kier molecular flexibility index (Phi) is 6.50. The third kappa shape index (κ3) is 4.40. The Labute approximate surface area is 205 Å². The third-order valence-corrected chi connectivity index (χ3v) is 8.01. The van der Waals surface area contributed by atoms with E-state index >= 15 is 0 Å². The maximum Gasteiger partial charge on any atom is 0.407 e. The van der Waals surface area contributed by atoms with Crippen LogP contribution in [0.2, 0.25) is 0 Å². The molecule has 2 aliphatic carbocycles. The van der Waals surface area contributed by atoms with Crippen molar-refractivity contribution in [3.8, 4) is 11.1 Å². The van der Waals surface area contributed by atoms with Crippen LogP contribution in [0.4, 0.5) is 4.79 Å². The zero-order valence-electron chi connectivity index (χ0n) is 20.0. The number of carbonyl (C=O) groups is 3. The predicted molar refractivity (Wildman–Crippen MR) is 131 cm³/mol. The molecule has 2 fully saturated rings. The molecule has 1 saturated heterocycles. The zero-order valence-corrected chi connectivity index (χ0v) is 20.0. The summed E-state index contributed by atoms with van der Waals surface area (Å²) in [5.41, 5.74) is 4.71. The largest absolute Gasteiger partial charge is 0.481 e. The molecule has 1 aliphatic heterocycles. The summed E-state index contributed by atoms with van der Waals surface area (Å²) in [6, 6.07) is 16.1. The topological polar surface area (TPSA) is 95.9 Å². The fourth-order valence-corrected chi connectivity index (χ4v) is 6.30. The van der Waals surface area contributed by atoms with Gasteiger partial charge in [-0.05, 0) is 54.4 Å². The van der Waals surface area contributed by atoms with Crippen molar-refractivity contribution in [1.29, 1.82) is 0 Å². The summed E-state index contributed by atoms with van der Waals surface area (Å²) >= 11 is 0. The number of alkyl carbamates (subject to hydrolysis) is 1. The Bertz CT molecular complexity index is 1090. The third-order valence-electron chi connectivity index (χ3n) is 8.01. The molecule has 0 aromatic heterocycles. The summed E-state index contributed by atoms with van der Waals surface area (Å²) < 4.78 is 5.66. The number of aliphatic carboxylic acids is 1. The van der Waals surface area contributed by atoms with E-state index in [1.54, 1.807) is 4.90 Å². The van der Waals surface area contributed by atoms with Gasteiger partial charge in [-0.1, -0.05) is 55.5 Å². The summed E-state index contributed by atoms with van der Waals surface area (Å²) in [5, 5.41) is 12.4. The number of benzene rings is 2. The molecular weight excluding hydrogens is 444 g/mol. The number of ether oxygens (including phenoxy) is 1. The van der Waals surface area contributed by atoms with E-state index in [0.29, 0.717) is 38.6 Å². The molecule has 0 radical (unpaired) electrons. The lowest BCUT2D eigenvalue weighted by Crippen LogP contribution is -2.42. The van der Waals surface area contributed by atoms with Crippen molar-refractivity contribution in [2.45, 2.75) is 57.0 Å². The fraction of sp³-hybridized carbons (Fsp3) is 0.464. The van der Waals surface area contributed by atoms with E-state index in [1.165, 1.54) is 22.3 Å². The Hall–Kier alpha value is -3.35. The van der Waals surface area contributed by atoms with Gasteiger partial charge in [0.25, 0.3) is 0 Å². The lowest BCUT2D eigenvalue weighted by atomic mass is 9.97. The molecule has 5 rings (SSSR count). The Morgan fingerprint density at radius 2 is 1.66 bits per heavy atom. The molecule has 2 N–H and O–H groups in total. The Morgan fingerprint density at radius 3 is 2.29 bits per heavy atom. The molecular formula is C28H32N2O5. The van der Waals surface area contributed by atoms with E-state index in [-0.39, 0.29) is 36.4 Å². The van der Waals surface area contributed by atoms with Crippen molar-refractivity contribution < 1.29 is 24.2 Å². The molecule has 1 saturated carbocycles. The summed E-state index contributed by atoms with van der Waals surface area (Å²) in [7, 11) is 0. The molecule has 2 aromatic carbocycles. The molecule has 184 valence electrons. The van der Waals surface area contributed by atoms with E-state index in [4.69, 9.17) is 4.74 Å². The highest BCUT2D eigenvalue weighted by molar-refractivity contribution is 5.82. The molecule has 35 heavy (non-hydrogen) atoms. The average Bonchev–Trinajstić information content (AvgIpc) is 3.58. The number of likely N-dealkylation sites (tertiary alicyclic amines) is 1. The standard InChI is InChI=1S/C28H32N2O5/c1-2-25-23(27(32)33)13-14-30(25)26(31)17-11-12-18(15-17)29-28(34)35-16-24-21-9-5-3-7-19(21)20-8-4-6-10-22(20)24/h3-10,17-18,23-25H,2,11-16H2,1H3,(H,29,34)(H,32,33)/t17-,18+,23?,25?/m0/s1. The first-order valence-electron chi connectivity index (χ1n) is 12.6. The quantitative estimate of drug-likeness (QED) is 0.644. The summed E-state index contributed by atoms with van der Waals surface area (Å²) in [6.45, 7) is 2.69.